The van der Waals surface area contributed by atoms with E-state index in [1.807, 2.05) is 37.3 Å². The Morgan fingerprint density at radius 2 is 2.11 bits per heavy atom. The monoisotopic (exact) mass is 263 g/mol. The lowest BCUT2D eigenvalue weighted by molar-refractivity contribution is 0.287. The van der Waals surface area contributed by atoms with E-state index in [1.54, 1.807) is 7.11 Å². The first-order valence-corrected chi connectivity index (χ1v) is 6.88. The lowest BCUT2D eigenvalue weighted by Crippen LogP contribution is -2.29. The third-order valence-electron chi connectivity index (χ3n) is 3.01. The molecule has 1 rings (SSSR count). The van der Waals surface area contributed by atoms with E-state index < -0.39 is 0 Å². The number of benzene rings is 1. The number of nitrogens with one attached hydrogen (secondary N) is 1. The van der Waals surface area contributed by atoms with E-state index in [0.29, 0.717) is 12.6 Å². The Hall–Kier alpha value is -1.48. The summed E-state index contributed by atoms with van der Waals surface area (Å²) in [6.45, 7) is 7.82. The van der Waals surface area contributed by atoms with Crippen LogP contribution in [0.2, 0.25) is 0 Å². The van der Waals surface area contributed by atoms with E-state index in [0.717, 1.165) is 30.0 Å². The van der Waals surface area contributed by atoms with Gasteiger partial charge in [-0.15, -0.1) is 0 Å². The summed E-state index contributed by atoms with van der Waals surface area (Å²) in [5, 5.41) is 3.39. The second-order valence-electron chi connectivity index (χ2n) is 4.52. The van der Waals surface area contributed by atoms with Crippen LogP contribution >= 0.6 is 0 Å². The van der Waals surface area contributed by atoms with E-state index in [2.05, 4.69) is 19.2 Å². The van der Waals surface area contributed by atoms with Gasteiger partial charge in [0.15, 0.2) is 11.5 Å². The number of methoxy groups -OCH3 is 1. The van der Waals surface area contributed by atoms with Crippen LogP contribution in [0.15, 0.2) is 24.3 Å². The lowest BCUT2D eigenvalue weighted by Gasteiger charge is -2.14. The van der Waals surface area contributed by atoms with Crippen LogP contribution < -0.4 is 14.8 Å². The fourth-order valence-electron chi connectivity index (χ4n) is 1.71. The van der Waals surface area contributed by atoms with Crippen molar-refractivity contribution in [1.82, 2.24) is 5.32 Å². The molecular weight excluding hydrogens is 238 g/mol. The van der Waals surface area contributed by atoms with Crippen LogP contribution in [0.3, 0.4) is 0 Å². The largest absolute Gasteiger partial charge is 0.493 e. The van der Waals surface area contributed by atoms with Gasteiger partial charge in [0.2, 0.25) is 0 Å². The summed E-state index contributed by atoms with van der Waals surface area (Å²) in [5.41, 5.74) is 1.12. The summed E-state index contributed by atoms with van der Waals surface area (Å²) in [5.74, 6) is 1.57. The van der Waals surface area contributed by atoms with Crippen LogP contribution in [0.4, 0.5) is 0 Å². The Morgan fingerprint density at radius 3 is 2.74 bits per heavy atom. The quantitative estimate of drug-likeness (QED) is 0.728. The number of rotatable bonds is 8. The molecule has 3 heteroatoms. The number of ether oxygens (including phenoxy) is 2. The molecule has 0 radical (unpaired) electrons. The average Bonchev–Trinajstić information content (AvgIpc) is 2.44. The summed E-state index contributed by atoms with van der Waals surface area (Å²) >= 11 is 0. The van der Waals surface area contributed by atoms with Crippen molar-refractivity contribution in [2.75, 3.05) is 20.3 Å². The summed E-state index contributed by atoms with van der Waals surface area (Å²) in [4.78, 5) is 0. The van der Waals surface area contributed by atoms with Gasteiger partial charge in [-0.05, 0) is 38.0 Å². The van der Waals surface area contributed by atoms with Gasteiger partial charge >= 0.3 is 0 Å². The maximum Gasteiger partial charge on any atom is 0.161 e. The fraction of sp³-hybridized carbons (Fsp3) is 0.500. The van der Waals surface area contributed by atoms with Crippen molar-refractivity contribution in [2.24, 2.45) is 0 Å². The van der Waals surface area contributed by atoms with Gasteiger partial charge in [-0.1, -0.05) is 25.1 Å². The molecule has 0 aliphatic rings. The maximum atomic E-state index is 5.74. The second kappa shape index (κ2) is 8.59. The van der Waals surface area contributed by atoms with Crippen molar-refractivity contribution in [3.8, 4) is 11.5 Å². The lowest BCUT2D eigenvalue weighted by atomic mass is 10.2. The second-order valence-corrected chi connectivity index (χ2v) is 4.52. The summed E-state index contributed by atoms with van der Waals surface area (Å²) in [7, 11) is 1.67. The Bertz CT molecular complexity index is 402. The van der Waals surface area contributed by atoms with Crippen LogP contribution in [0.25, 0.3) is 6.08 Å². The van der Waals surface area contributed by atoms with Crippen molar-refractivity contribution in [3.05, 3.63) is 29.8 Å². The Morgan fingerprint density at radius 1 is 1.32 bits per heavy atom. The number of hydrogen-bond donors (Lipinski definition) is 1. The summed E-state index contributed by atoms with van der Waals surface area (Å²) in [6.07, 6.45) is 5.17. The molecule has 0 bridgehead atoms. The maximum absolute atomic E-state index is 5.74. The van der Waals surface area contributed by atoms with Gasteiger partial charge < -0.3 is 14.8 Å². The highest BCUT2D eigenvalue weighted by molar-refractivity contribution is 5.55. The Balaban J connectivity index is 2.53. The van der Waals surface area contributed by atoms with Gasteiger partial charge in [0.1, 0.15) is 6.61 Å². The predicted octanol–water partition coefficient (Wildman–Crippen LogP) is 3.50. The van der Waals surface area contributed by atoms with Gasteiger partial charge in [0.05, 0.1) is 7.11 Å². The zero-order valence-corrected chi connectivity index (χ0v) is 12.4. The molecule has 0 aliphatic heterocycles. The van der Waals surface area contributed by atoms with Crippen molar-refractivity contribution in [2.45, 2.75) is 33.2 Å². The molecular formula is C16H25NO2. The van der Waals surface area contributed by atoms with Crippen molar-refractivity contribution in [1.29, 1.82) is 0 Å². The van der Waals surface area contributed by atoms with Crippen LogP contribution in [0.1, 0.15) is 32.8 Å². The Labute approximate surface area is 116 Å². The van der Waals surface area contributed by atoms with Crippen molar-refractivity contribution < 1.29 is 9.47 Å². The minimum atomic E-state index is 0.530. The normalized spacial score (nSPS) is 12.6. The van der Waals surface area contributed by atoms with Gasteiger partial charge in [-0.2, -0.15) is 0 Å². The van der Waals surface area contributed by atoms with Crippen molar-refractivity contribution >= 4 is 6.08 Å². The molecule has 0 saturated heterocycles. The molecule has 0 amide bonds. The molecule has 106 valence electrons. The number of hydrogen-bond acceptors (Lipinski definition) is 3. The topological polar surface area (TPSA) is 30.5 Å². The third-order valence-corrected chi connectivity index (χ3v) is 3.01. The molecule has 0 saturated carbocycles. The molecule has 0 unspecified atom stereocenters. The van der Waals surface area contributed by atoms with Crippen LogP contribution in [-0.2, 0) is 0 Å². The van der Waals surface area contributed by atoms with Crippen molar-refractivity contribution in [3.63, 3.8) is 0 Å². The molecule has 1 aromatic rings. The molecule has 0 fully saturated rings. The molecule has 0 heterocycles. The first kappa shape index (κ1) is 15.6. The van der Waals surface area contributed by atoms with E-state index in [1.165, 1.54) is 0 Å². The van der Waals surface area contributed by atoms with Gasteiger partial charge in [-0.25, -0.2) is 0 Å². The van der Waals surface area contributed by atoms with E-state index in [4.69, 9.17) is 9.47 Å². The number of allylic oxidation sites excluding steroid dienone is 1. The minimum absolute atomic E-state index is 0.530. The molecule has 1 atom stereocenters. The van der Waals surface area contributed by atoms with Gasteiger partial charge in [0.25, 0.3) is 0 Å². The zero-order chi connectivity index (χ0) is 14.1. The molecule has 1 aromatic carbocycles. The van der Waals surface area contributed by atoms with Crippen LogP contribution in [-0.4, -0.2) is 26.3 Å². The summed E-state index contributed by atoms with van der Waals surface area (Å²) in [6, 6.07) is 6.50. The molecule has 1 N–H and O–H groups in total. The molecule has 0 aliphatic carbocycles. The van der Waals surface area contributed by atoms with Crippen LogP contribution in [0, 0.1) is 0 Å². The van der Waals surface area contributed by atoms with E-state index >= 15 is 0 Å². The SMILES string of the molecule is C/C=C/c1ccc(OCCN[C@H](C)CC)c(OC)c1. The molecule has 0 aromatic heterocycles. The first-order chi connectivity index (χ1) is 9.21. The molecule has 0 spiro atoms. The fourth-order valence-corrected chi connectivity index (χ4v) is 1.71. The summed E-state index contributed by atoms with van der Waals surface area (Å²) < 4.78 is 11.1. The van der Waals surface area contributed by atoms with Crippen LogP contribution in [0.5, 0.6) is 11.5 Å². The minimum Gasteiger partial charge on any atom is -0.493 e. The average molecular weight is 263 g/mol. The molecule has 3 nitrogen and oxygen atoms in total. The van der Waals surface area contributed by atoms with E-state index in [9.17, 15) is 0 Å². The highest BCUT2D eigenvalue weighted by atomic mass is 16.5. The first-order valence-electron chi connectivity index (χ1n) is 6.88. The van der Waals surface area contributed by atoms with Gasteiger partial charge in [-0.3, -0.25) is 0 Å². The predicted molar refractivity (Wildman–Crippen MR) is 81.0 cm³/mol. The Kier molecular flexibility index (Phi) is 7.04. The molecule has 19 heavy (non-hydrogen) atoms. The highest BCUT2D eigenvalue weighted by Gasteiger charge is 2.05. The van der Waals surface area contributed by atoms with Gasteiger partial charge in [0, 0.05) is 12.6 Å². The smallest absolute Gasteiger partial charge is 0.161 e. The highest BCUT2D eigenvalue weighted by Crippen LogP contribution is 2.28. The zero-order valence-electron chi connectivity index (χ0n) is 12.4. The van der Waals surface area contributed by atoms with E-state index in [-0.39, 0.29) is 0 Å². The third kappa shape index (κ3) is 5.35. The standard InChI is InChI=1S/C16H25NO2/c1-5-7-14-8-9-15(16(12-14)18-4)19-11-10-17-13(3)6-2/h5,7-9,12-13,17H,6,10-11H2,1-4H3/b7-5+/t13-/m1/s1.